The standard InChI is InChI=1S/C11H22N4O/c1-8(2)7-14-10(12)15-6-5-13-9(16)11(15,3)4/h8H,5-7H2,1-4H3,(H2,12,14)(H,13,16). The molecule has 0 aromatic rings. The van der Waals surface area contributed by atoms with Crippen molar-refractivity contribution in [3.05, 3.63) is 0 Å². The zero-order valence-corrected chi connectivity index (χ0v) is 10.6. The van der Waals surface area contributed by atoms with Gasteiger partial charge in [-0.15, -0.1) is 0 Å². The molecule has 0 bridgehead atoms. The third kappa shape index (κ3) is 2.65. The molecule has 16 heavy (non-hydrogen) atoms. The van der Waals surface area contributed by atoms with Gasteiger partial charge in [-0.1, -0.05) is 13.8 Å². The summed E-state index contributed by atoms with van der Waals surface area (Å²) in [5.74, 6) is 0.940. The highest BCUT2D eigenvalue weighted by molar-refractivity contribution is 5.92. The zero-order valence-electron chi connectivity index (χ0n) is 10.6. The van der Waals surface area contributed by atoms with Crippen LogP contribution in [0.3, 0.4) is 0 Å². The molecule has 0 aliphatic carbocycles. The lowest BCUT2D eigenvalue weighted by Gasteiger charge is -2.41. The van der Waals surface area contributed by atoms with Gasteiger partial charge in [-0.25, -0.2) is 0 Å². The minimum absolute atomic E-state index is 0.00134. The summed E-state index contributed by atoms with van der Waals surface area (Å²) >= 11 is 0. The van der Waals surface area contributed by atoms with Gasteiger partial charge >= 0.3 is 0 Å². The van der Waals surface area contributed by atoms with Crippen LogP contribution in [0.2, 0.25) is 0 Å². The Kier molecular flexibility index (Phi) is 3.78. The summed E-state index contributed by atoms with van der Waals surface area (Å²) in [6, 6.07) is 0. The van der Waals surface area contributed by atoms with E-state index >= 15 is 0 Å². The number of rotatable bonds is 2. The number of carbonyl (C=O) groups is 1. The number of hydrogen-bond donors (Lipinski definition) is 2. The predicted octanol–water partition coefficient (Wildman–Crippen LogP) is 0.168. The highest BCUT2D eigenvalue weighted by Crippen LogP contribution is 2.17. The quantitative estimate of drug-likeness (QED) is 0.521. The molecule has 0 aromatic heterocycles. The van der Waals surface area contributed by atoms with Gasteiger partial charge in [0, 0.05) is 19.6 Å². The van der Waals surface area contributed by atoms with Crippen molar-refractivity contribution in [1.29, 1.82) is 0 Å². The average molecular weight is 226 g/mol. The van der Waals surface area contributed by atoms with Gasteiger partial charge in [-0.2, -0.15) is 0 Å². The Labute approximate surface area is 97.1 Å². The van der Waals surface area contributed by atoms with Crippen LogP contribution in [0.4, 0.5) is 0 Å². The van der Waals surface area contributed by atoms with E-state index in [4.69, 9.17) is 5.73 Å². The summed E-state index contributed by atoms with van der Waals surface area (Å²) in [5, 5.41) is 2.83. The van der Waals surface area contributed by atoms with Crippen LogP contribution < -0.4 is 11.1 Å². The van der Waals surface area contributed by atoms with E-state index < -0.39 is 5.54 Å². The van der Waals surface area contributed by atoms with Gasteiger partial charge in [0.2, 0.25) is 5.91 Å². The van der Waals surface area contributed by atoms with Gasteiger partial charge in [0.15, 0.2) is 5.96 Å². The Bertz CT molecular complexity index is 296. The largest absolute Gasteiger partial charge is 0.370 e. The van der Waals surface area contributed by atoms with Crippen molar-refractivity contribution >= 4 is 11.9 Å². The maximum absolute atomic E-state index is 11.7. The number of carbonyl (C=O) groups excluding carboxylic acids is 1. The first kappa shape index (κ1) is 12.8. The molecule has 1 heterocycles. The molecule has 92 valence electrons. The molecule has 5 nitrogen and oxygen atoms in total. The maximum atomic E-state index is 11.7. The van der Waals surface area contributed by atoms with Crippen molar-refractivity contribution in [2.24, 2.45) is 16.6 Å². The Morgan fingerprint density at radius 2 is 2.25 bits per heavy atom. The Hall–Kier alpha value is -1.26. The summed E-state index contributed by atoms with van der Waals surface area (Å²) in [7, 11) is 0. The predicted molar refractivity (Wildman–Crippen MR) is 65.1 cm³/mol. The first-order valence-electron chi connectivity index (χ1n) is 5.71. The molecule has 3 N–H and O–H groups in total. The van der Waals surface area contributed by atoms with E-state index in [9.17, 15) is 4.79 Å². The molecule has 0 saturated carbocycles. The molecular weight excluding hydrogens is 204 g/mol. The van der Waals surface area contributed by atoms with E-state index in [0.29, 0.717) is 31.5 Å². The number of guanidine groups is 1. The number of amides is 1. The first-order chi connectivity index (χ1) is 7.35. The summed E-state index contributed by atoms with van der Waals surface area (Å²) < 4.78 is 0. The van der Waals surface area contributed by atoms with E-state index in [0.717, 1.165) is 0 Å². The average Bonchev–Trinajstić information content (AvgIpc) is 2.18. The molecule has 0 aromatic carbocycles. The summed E-state index contributed by atoms with van der Waals surface area (Å²) in [6.07, 6.45) is 0. The summed E-state index contributed by atoms with van der Waals surface area (Å²) in [6.45, 7) is 9.93. The second kappa shape index (κ2) is 4.72. The number of nitrogens with zero attached hydrogens (tertiary/aromatic N) is 2. The molecule has 0 spiro atoms. The molecule has 1 fully saturated rings. The van der Waals surface area contributed by atoms with Crippen LogP contribution in [0.25, 0.3) is 0 Å². The fraction of sp³-hybridized carbons (Fsp3) is 0.818. The number of hydrogen-bond acceptors (Lipinski definition) is 2. The van der Waals surface area contributed by atoms with Gasteiger partial charge < -0.3 is 16.0 Å². The lowest BCUT2D eigenvalue weighted by Crippen LogP contribution is -2.64. The van der Waals surface area contributed by atoms with Crippen molar-refractivity contribution in [2.75, 3.05) is 19.6 Å². The summed E-state index contributed by atoms with van der Waals surface area (Å²) in [5.41, 5.74) is 5.32. The van der Waals surface area contributed by atoms with Crippen LogP contribution in [0.5, 0.6) is 0 Å². The minimum atomic E-state index is -0.608. The lowest BCUT2D eigenvalue weighted by atomic mass is 9.99. The van der Waals surface area contributed by atoms with Crippen molar-refractivity contribution in [1.82, 2.24) is 10.2 Å². The smallest absolute Gasteiger partial charge is 0.245 e. The number of nitrogens with one attached hydrogen (secondary N) is 1. The molecule has 1 saturated heterocycles. The van der Waals surface area contributed by atoms with Crippen molar-refractivity contribution in [3.63, 3.8) is 0 Å². The van der Waals surface area contributed by atoms with E-state index in [2.05, 4.69) is 24.2 Å². The molecule has 1 amide bonds. The second-order valence-corrected chi connectivity index (χ2v) is 5.06. The van der Waals surface area contributed by atoms with Crippen LogP contribution in [0, 0.1) is 5.92 Å². The molecular formula is C11H22N4O. The van der Waals surface area contributed by atoms with Gasteiger partial charge in [-0.3, -0.25) is 9.79 Å². The van der Waals surface area contributed by atoms with Crippen molar-refractivity contribution in [2.45, 2.75) is 33.2 Å². The topological polar surface area (TPSA) is 70.7 Å². The van der Waals surface area contributed by atoms with E-state index in [1.807, 2.05) is 18.7 Å². The highest BCUT2D eigenvalue weighted by Gasteiger charge is 2.38. The summed E-state index contributed by atoms with van der Waals surface area (Å²) in [4.78, 5) is 17.9. The van der Waals surface area contributed by atoms with Crippen molar-refractivity contribution in [3.8, 4) is 0 Å². The molecule has 0 radical (unpaired) electrons. The Morgan fingerprint density at radius 3 is 2.81 bits per heavy atom. The van der Waals surface area contributed by atoms with E-state index in [1.165, 1.54) is 0 Å². The maximum Gasteiger partial charge on any atom is 0.245 e. The molecule has 0 atom stereocenters. The van der Waals surface area contributed by atoms with Crippen LogP contribution in [-0.2, 0) is 4.79 Å². The van der Waals surface area contributed by atoms with Gasteiger partial charge in [0.1, 0.15) is 5.54 Å². The zero-order chi connectivity index (χ0) is 12.3. The monoisotopic (exact) mass is 226 g/mol. The van der Waals surface area contributed by atoms with Crippen LogP contribution in [-0.4, -0.2) is 41.9 Å². The minimum Gasteiger partial charge on any atom is -0.370 e. The van der Waals surface area contributed by atoms with Crippen LogP contribution >= 0.6 is 0 Å². The van der Waals surface area contributed by atoms with E-state index in [1.54, 1.807) is 0 Å². The van der Waals surface area contributed by atoms with Crippen LogP contribution in [0.1, 0.15) is 27.7 Å². The SMILES string of the molecule is CC(C)CN=C(N)N1CCNC(=O)C1(C)C. The molecule has 1 aliphatic rings. The first-order valence-corrected chi connectivity index (χ1v) is 5.71. The third-order valence-electron chi connectivity index (χ3n) is 2.75. The van der Waals surface area contributed by atoms with Gasteiger partial charge in [-0.05, 0) is 19.8 Å². The normalized spacial score (nSPS) is 21.2. The Balaban J connectivity index is 2.78. The highest BCUT2D eigenvalue weighted by atomic mass is 16.2. The van der Waals surface area contributed by atoms with Crippen molar-refractivity contribution < 1.29 is 4.79 Å². The lowest BCUT2D eigenvalue weighted by molar-refractivity contribution is -0.132. The molecule has 5 heteroatoms. The molecule has 1 rings (SSSR count). The van der Waals surface area contributed by atoms with Gasteiger partial charge in [0.25, 0.3) is 0 Å². The molecule has 0 unspecified atom stereocenters. The fourth-order valence-electron chi connectivity index (χ4n) is 1.66. The number of piperazine rings is 1. The fourth-order valence-corrected chi connectivity index (χ4v) is 1.66. The Morgan fingerprint density at radius 1 is 1.62 bits per heavy atom. The number of nitrogens with two attached hydrogens (primary N) is 1. The third-order valence-corrected chi connectivity index (χ3v) is 2.75. The second-order valence-electron chi connectivity index (χ2n) is 5.06. The van der Waals surface area contributed by atoms with Gasteiger partial charge in [0.05, 0.1) is 0 Å². The van der Waals surface area contributed by atoms with Crippen LogP contribution in [0.15, 0.2) is 4.99 Å². The molecule has 1 aliphatic heterocycles. The number of aliphatic imine (C=N–C) groups is 1. The van der Waals surface area contributed by atoms with E-state index in [-0.39, 0.29) is 5.91 Å².